The lowest BCUT2D eigenvalue weighted by molar-refractivity contribution is -0.383. The monoisotopic (exact) mass is 362 g/mol. The van der Waals surface area contributed by atoms with Crippen molar-refractivity contribution < 1.29 is 4.92 Å². The summed E-state index contributed by atoms with van der Waals surface area (Å²) in [6.07, 6.45) is 4.83. The molecule has 1 aromatic carbocycles. The number of aryl methyl sites for hydroxylation is 2. The summed E-state index contributed by atoms with van der Waals surface area (Å²) in [4.78, 5) is 26.0. The van der Waals surface area contributed by atoms with Crippen LogP contribution < -0.4 is 10.2 Å². The predicted octanol–water partition coefficient (Wildman–Crippen LogP) is 3.92. The van der Waals surface area contributed by atoms with E-state index in [0.717, 1.165) is 29.7 Å². The average molecular weight is 362 g/mol. The number of nitrogens with zero attached hydrogens (tertiary/aromatic N) is 5. The van der Waals surface area contributed by atoms with Crippen molar-refractivity contribution in [1.29, 1.82) is 0 Å². The molecule has 27 heavy (non-hydrogen) atoms. The number of pyridine rings is 1. The summed E-state index contributed by atoms with van der Waals surface area (Å²) in [6, 6.07) is 11.6. The number of rotatable bonds is 4. The second-order valence-corrected chi connectivity index (χ2v) is 6.33. The zero-order valence-electron chi connectivity index (χ0n) is 14.8. The SMILES string of the molecule is Cc1cccnc1Nc1ncnc(N2CCCc3ccccc32)c1[N+](=O)[O-]. The topological polar surface area (TPSA) is 97.1 Å². The van der Waals surface area contributed by atoms with Crippen molar-refractivity contribution in [3.63, 3.8) is 0 Å². The van der Waals surface area contributed by atoms with E-state index < -0.39 is 4.92 Å². The minimum atomic E-state index is -0.437. The van der Waals surface area contributed by atoms with E-state index in [1.165, 1.54) is 6.33 Å². The third-order valence-corrected chi connectivity index (χ3v) is 4.60. The molecule has 1 aliphatic rings. The Morgan fingerprint density at radius 1 is 1.11 bits per heavy atom. The molecule has 0 spiro atoms. The van der Waals surface area contributed by atoms with Gasteiger partial charge in [0.2, 0.25) is 11.6 Å². The van der Waals surface area contributed by atoms with Gasteiger partial charge in [0.05, 0.1) is 4.92 Å². The first kappa shape index (κ1) is 16.9. The van der Waals surface area contributed by atoms with Gasteiger partial charge in [-0.05, 0) is 43.0 Å². The van der Waals surface area contributed by atoms with Crippen molar-refractivity contribution in [2.75, 3.05) is 16.8 Å². The van der Waals surface area contributed by atoms with Crippen LogP contribution in [-0.2, 0) is 6.42 Å². The van der Waals surface area contributed by atoms with Gasteiger partial charge in [0.25, 0.3) is 0 Å². The number of fused-ring (bicyclic) bond motifs is 1. The number of nitro groups is 1. The Balaban J connectivity index is 1.81. The molecule has 0 aliphatic carbocycles. The molecule has 1 N–H and O–H groups in total. The summed E-state index contributed by atoms with van der Waals surface area (Å²) in [5.74, 6) is 0.956. The van der Waals surface area contributed by atoms with Crippen LogP contribution >= 0.6 is 0 Å². The first-order valence-corrected chi connectivity index (χ1v) is 8.68. The van der Waals surface area contributed by atoms with E-state index in [2.05, 4.69) is 20.3 Å². The standard InChI is InChI=1S/C19H18N6O2/c1-13-6-4-10-20-17(13)23-18-16(25(26)27)19(22-12-21-18)24-11-5-8-14-7-2-3-9-15(14)24/h2-4,6-7,9-10,12H,5,8,11H2,1H3,(H,20,21,22,23). The van der Waals surface area contributed by atoms with Crippen molar-refractivity contribution >= 4 is 28.8 Å². The van der Waals surface area contributed by atoms with Crippen LogP contribution in [0.25, 0.3) is 0 Å². The number of anilines is 4. The zero-order chi connectivity index (χ0) is 18.8. The van der Waals surface area contributed by atoms with Crippen LogP contribution in [0.5, 0.6) is 0 Å². The molecule has 0 radical (unpaired) electrons. The van der Waals surface area contributed by atoms with Gasteiger partial charge in [0.15, 0.2) is 0 Å². The summed E-state index contributed by atoms with van der Waals surface area (Å²) in [7, 11) is 0. The van der Waals surface area contributed by atoms with Gasteiger partial charge in [0, 0.05) is 18.4 Å². The lowest BCUT2D eigenvalue weighted by Gasteiger charge is -2.30. The van der Waals surface area contributed by atoms with Gasteiger partial charge in [-0.15, -0.1) is 0 Å². The Morgan fingerprint density at radius 2 is 1.96 bits per heavy atom. The van der Waals surface area contributed by atoms with Crippen LogP contribution in [-0.4, -0.2) is 26.4 Å². The van der Waals surface area contributed by atoms with Gasteiger partial charge in [-0.25, -0.2) is 15.0 Å². The van der Waals surface area contributed by atoms with Crippen LogP contribution in [0.2, 0.25) is 0 Å². The first-order valence-electron chi connectivity index (χ1n) is 8.68. The van der Waals surface area contributed by atoms with Crippen LogP contribution in [0.15, 0.2) is 48.9 Å². The lowest BCUT2D eigenvalue weighted by Crippen LogP contribution is -2.26. The van der Waals surface area contributed by atoms with Crippen molar-refractivity contribution in [3.8, 4) is 0 Å². The zero-order valence-corrected chi connectivity index (χ0v) is 14.8. The smallest absolute Gasteiger partial charge is 0.320 e. The summed E-state index contributed by atoms with van der Waals surface area (Å²) >= 11 is 0. The first-order chi connectivity index (χ1) is 13.1. The molecular weight excluding hydrogens is 344 g/mol. The highest BCUT2D eigenvalue weighted by Crippen LogP contribution is 2.40. The molecule has 2 aromatic heterocycles. The maximum atomic E-state index is 11.9. The summed E-state index contributed by atoms with van der Waals surface area (Å²) in [6.45, 7) is 2.54. The highest BCUT2D eigenvalue weighted by molar-refractivity contribution is 5.79. The molecule has 0 atom stereocenters. The van der Waals surface area contributed by atoms with Crippen molar-refractivity contribution in [1.82, 2.24) is 15.0 Å². The molecule has 0 unspecified atom stereocenters. The van der Waals surface area contributed by atoms with E-state index in [4.69, 9.17) is 0 Å². The minimum Gasteiger partial charge on any atom is -0.320 e. The van der Waals surface area contributed by atoms with E-state index in [1.54, 1.807) is 6.20 Å². The fourth-order valence-electron chi connectivity index (χ4n) is 3.31. The van der Waals surface area contributed by atoms with Crippen molar-refractivity contribution in [3.05, 3.63) is 70.2 Å². The van der Waals surface area contributed by atoms with Gasteiger partial charge < -0.3 is 10.2 Å². The maximum absolute atomic E-state index is 11.9. The van der Waals surface area contributed by atoms with Gasteiger partial charge in [0.1, 0.15) is 12.1 Å². The number of para-hydroxylation sites is 1. The quantitative estimate of drug-likeness (QED) is 0.555. The summed E-state index contributed by atoms with van der Waals surface area (Å²) in [5, 5.41) is 14.9. The third-order valence-electron chi connectivity index (χ3n) is 4.60. The molecule has 3 heterocycles. The largest absolute Gasteiger partial charge is 0.354 e. The van der Waals surface area contributed by atoms with Gasteiger partial charge in [-0.3, -0.25) is 10.1 Å². The van der Waals surface area contributed by atoms with E-state index in [9.17, 15) is 10.1 Å². The number of hydrogen-bond donors (Lipinski definition) is 1. The third kappa shape index (κ3) is 3.17. The molecule has 3 aromatic rings. The Labute approximate surface area is 156 Å². The highest BCUT2D eigenvalue weighted by Gasteiger charge is 2.30. The molecule has 0 saturated carbocycles. The molecular formula is C19H18N6O2. The Bertz CT molecular complexity index is 1010. The van der Waals surface area contributed by atoms with E-state index in [-0.39, 0.29) is 11.5 Å². The maximum Gasteiger partial charge on any atom is 0.354 e. The average Bonchev–Trinajstić information content (AvgIpc) is 2.69. The van der Waals surface area contributed by atoms with Crippen LogP contribution in [0.3, 0.4) is 0 Å². The molecule has 8 nitrogen and oxygen atoms in total. The van der Waals surface area contributed by atoms with Crippen molar-refractivity contribution in [2.24, 2.45) is 0 Å². The molecule has 0 fully saturated rings. The highest BCUT2D eigenvalue weighted by atomic mass is 16.6. The van der Waals surface area contributed by atoms with Crippen molar-refractivity contribution in [2.45, 2.75) is 19.8 Å². The fraction of sp³-hybridized carbons (Fsp3) is 0.211. The van der Waals surface area contributed by atoms with Gasteiger partial charge >= 0.3 is 5.69 Å². The lowest BCUT2D eigenvalue weighted by atomic mass is 10.0. The Morgan fingerprint density at radius 3 is 2.78 bits per heavy atom. The number of hydrogen-bond acceptors (Lipinski definition) is 7. The minimum absolute atomic E-state index is 0.134. The number of nitrogens with one attached hydrogen (secondary N) is 1. The molecule has 4 rings (SSSR count). The molecule has 8 heteroatoms. The van der Waals surface area contributed by atoms with E-state index in [1.807, 2.05) is 48.2 Å². The second-order valence-electron chi connectivity index (χ2n) is 6.33. The Hall–Kier alpha value is -3.55. The predicted molar refractivity (Wildman–Crippen MR) is 103 cm³/mol. The summed E-state index contributed by atoms with van der Waals surface area (Å²) < 4.78 is 0. The van der Waals surface area contributed by atoms with E-state index >= 15 is 0 Å². The van der Waals surface area contributed by atoms with Gasteiger partial charge in [-0.1, -0.05) is 24.3 Å². The normalized spacial score (nSPS) is 13.1. The molecule has 1 aliphatic heterocycles. The van der Waals surface area contributed by atoms with Crippen LogP contribution in [0.1, 0.15) is 17.5 Å². The Kier molecular flexibility index (Phi) is 4.37. The fourth-order valence-corrected chi connectivity index (χ4v) is 3.31. The molecule has 136 valence electrons. The summed E-state index contributed by atoms with van der Waals surface area (Å²) in [5.41, 5.74) is 2.83. The van der Waals surface area contributed by atoms with Crippen LogP contribution in [0.4, 0.5) is 28.8 Å². The van der Waals surface area contributed by atoms with E-state index in [0.29, 0.717) is 18.2 Å². The second kappa shape index (κ2) is 6.99. The van der Waals surface area contributed by atoms with Gasteiger partial charge in [-0.2, -0.15) is 0 Å². The molecule has 0 amide bonds. The van der Waals surface area contributed by atoms with Crippen LogP contribution in [0, 0.1) is 17.0 Å². The molecule has 0 bridgehead atoms. The molecule has 0 saturated heterocycles. The number of aromatic nitrogens is 3. The number of benzene rings is 1.